The predicted octanol–water partition coefficient (Wildman–Crippen LogP) is 0.813. The molecule has 1 aromatic rings. The van der Waals surface area contributed by atoms with Crippen LogP contribution in [0.4, 0.5) is 0 Å². The van der Waals surface area contributed by atoms with E-state index in [9.17, 15) is 5.11 Å². The first-order valence-corrected chi connectivity index (χ1v) is 5.27. The Bertz CT molecular complexity index is 363. The van der Waals surface area contributed by atoms with Gasteiger partial charge in [0.05, 0.1) is 12.0 Å². The van der Waals surface area contributed by atoms with E-state index in [1.54, 1.807) is 0 Å². The van der Waals surface area contributed by atoms with Crippen LogP contribution in [0.3, 0.4) is 0 Å². The van der Waals surface area contributed by atoms with Crippen LogP contribution in [0.15, 0.2) is 30.3 Å². The maximum atomic E-state index is 9.52. The Hall–Kier alpha value is -1.30. The van der Waals surface area contributed by atoms with Gasteiger partial charge < -0.3 is 10.4 Å². The highest BCUT2D eigenvalue weighted by Gasteiger charge is 2.22. The molecule has 78 valence electrons. The van der Waals surface area contributed by atoms with Crippen LogP contribution in [0.5, 0.6) is 0 Å². The highest BCUT2D eigenvalue weighted by molar-refractivity contribution is 5.22. The van der Waals surface area contributed by atoms with Crippen LogP contribution in [0, 0.1) is 17.8 Å². The summed E-state index contributed by atoms with van der Waals surface area (Å²) in [5.41, 5.74) is 1.23. The molecule has 0 radical (unpaired) electrons. The molecular weight excluding hydrogens is 186 g/mol. The normalized spacial score (nSPS) is 24.6. The maximum absolute atomic E-state index is 9.52. The summed E-state index contributed by atoms with van der Waals surface area (Å²) >= 11 is 0. The first-order chi connectivity index (χ1) is 7.36. The first-order valence-electron chi connectivity index (χ1n) is 5.27. The number of nitrogens with one attached hydrogen (secondary N) is 1. The van der Waals surface area contributed by atoms with Gasteiger partial charge in [-0.25, -0.2) is 0 Å². The smallest absolute Gasteiger partial charge is 0.0814 e. The molecule has 2 rings (SSSR count). The van der Waals surface area contributed by atoms with E-state index in [0.717, 1.165) is 13.0 Å². The number of aliphatic hydroxyl groups is 1. The molecule has 1 aliphatic heterocycles. The predicted molar refractivity (Wildman–Crippen MR) is 60.3 cm³/mol. The number of β-amino-alcohol motifs (C(OH)–C–C–N with tert-alkyl or cyclic N) is 1. The van der Waals surface area contributed by atoms with E-state index in [2.05, 4.69) is 29.3 Å². The molecule has 1 saturated heterocycles. The van der Waals surface area contributed by atoms with Gasteiger partial charge in [-0.2, -0.15) is 0 Å². The lowest BCUT2D eigenvalue weighted by atomic mass is 10.1. The highest BCUT2D eigenvalue weighted by Crippen LogP contribution is 2.07. The van der Waals surface area contributed by atoms with E-state index in [4.69, 9.17) is 0 Å². The molecule has 2 heteroatoms. The minimum atomic E-state index is -0.298. The van der Waals surface area contributed by atoms with Gasteiger partial charge in [0.25, 0.3) is 0 Å². The van der Waals surface area contributed by atoms with Gasteiger partial charge >= 0.3 is 0 Å². The van der Waals surface area contributed by atoms with Crippen LogP contribution < -0.4 is 5.32 Å². The van der Waals surface area contributed by atoms with Crippen molar-refractivity contribution in [3.8, 4) is 11.8 Å². The van der Waals surface area contributed by atoms with Crippen LogP contribution in [0.1, 0.15) is 5.56 Å². The molecule has 0 aromatic heterocycles. The third kappa shape index (κ3) is 2.82. The summed E-state index contributed by atoms with van der Waals surface area (Å²) < 4.78 is 0. The van der Waals surface area contributed by atoms with Gasteiger partial charge in [-0.3, -0.25) is 0 Å². The van der Waals surface area contributed by atoms with Crippen molar-refractivity contribution in [2.75, 3.05) is 13.1 Å². The van der Waals surface area contributed by atoms with Crippen molar-refractivity contribution in [1.29, 1.82) is 0 Å². The van der Waals surface area contributed by atoms with E-state index >= 15 is 0 Å². The van der Waals surface area contributed by atoms with Crippen LogP contribution in [0.2, 0.25) is 0 Å². The standard InChI is InChI=1S/C13H15NO/c15-13-10-14-9-12(13)8-4-7-11-5-2-1-3-6-11/h1-3,5-6,12-15H,7,9-10H2/t12-,13-/m1/s1. The molecule has 0 aliphatic carbocycles. The Labute approximate surface area is 90.3 Å². The van der Waals surface area contributed by atoms with Gasteiger partial charge in [-0.1, -0.05) is 42.2 Å². The van der Waals surface area contributed by atoms with Gasteiger partial charge in [0.2, 0.25) is 0 Å². The number of hydrogen-bond donors (Lipinski definition) is 2. The minimum absolute atomic E-state index is 0.105. The molecule has 2 nitrogen and oxygen atoms in total. The minimum Gasteiger partial charge on any atom is -0.390 e. The molecular formula is C13H15NO. The van der Waals surface area contributed by atoms with E-state index in [0.29, 0.717) is 6.54 Å². The number of aliphatic hydroxyl groups excluding tert-OH is 1. The van der Waals surface area contributed by atoms with Crippen LogP contribution >= 0.6 is 0 Å². The molecule has 0 spiro atoms. The lowest BCUT2D eigenvalue weighted by Gasteiger charge is -2.03. The number of hydrogen-bond acceptors (Lipinski definition) is 2. The lowest BCUT2D eigenvalue weighted by molar-refractivity contribution is 0.171. The Morgan fingerprint density at radius 3 is 2.73 bits per heavy atom. The molecule has 2 atom stereocenters. The highest BCUT2D eigenvalue weighted by atomic mass is 16.3. The quantitative estimate of drug-likeness (QED) is 0.659. The SMILES string of the molecule is O[C@@H]1CNC[C@H]1C#CCc1ccccc1. The molecule has 1 heterocycles. The van der Waals surface area contributed by atoms with Crippen molar-refractivity contribution in [2.45, 2.75) is 12.5 Å². The van der Waals surface area contributed by atoms with Gasteiger partial charge in [0.15, 0.2) is 0 Å². The topological polar surface area (TPSA) is 32.3 Å². The summed E-state index contributed by atoms with van der Waals surface area (Å²) in [7, 11) is 0. The molecule has 1 aliphatic rings. The Morgan fingerprint density at radius 2 is 2.07 bits per heavy atom. The zero-order valence-corrected chi connectivity index (χ0v) is 8.61. The summed E-state index contributed by atoms with van der Waals surface area (Å²) in [6, 6.07) is 10.2. The molecule has 1 fully saturated rings. The number of rotatable bonds is 1. The third-order valence-electron chi connectivity index (χ3n) is 2.60. The van der Waals surface area contributed by atoms with Crippen LogP contribution in [-0.4, -0.2) is 24.3 Å². The molecule has 2 N–H and O–H groups in total. The van der Waals surface area contributed by atoms with E-state index in [-0.39, 0.29) is 12.0 Å². The molecule has 0 amide bonds. The molecule has 0 saturated carbocycles. The average Bonchev–Trinajstić information content (AvgIpc) is 2.66. The second-order valence-electron chi connectivity index (χ2n) is 3.82. The Morgan fingerprint density at radius 1 is 1.27 bits per heavy atom. The summed E-state index contributed by atoms with van der Waals surface area (Å²) in [4.78, 5) is 0. The second-order valence-corrected chi connectivity index (χ2v) is 3.82. The van der Waals surface area contributed by atoms with Crippen molar-refractivity contribution in [3.63, 3.8) is 0 Å². The van der Waals surface area contributed by atoms with E-state index in [1.165, 1.54) is 5.56 Å². The molecule has 1 aromatic carbocycles. The van der Waals surface area contributed by atoms with E-state index < -0.39 is 0 Å². The van der Waals surface area contributed by atoms with Crippen LogP contribution in [0.25, 0.3) is 0 Å². The fourth-order valence-corrected chi connectivity index (χ4v) is 1.69. The van der Waals surface area contributed by atoms with Gasteiger partial charge in [0.1, 0.15) is 0 Å². The molecule has 0 unspecified atom stereocenters. The lowest BCUT2D eigenvalue weighted by Crippen LogP contribution is -2.16. The summed E-state index contributed by atoms with van der Waals surface area (Å²) in [5.74, 6) is 6.35. The van der Waals surface area contributed by atoms with Gasteiger partial charge in [-0.05, 0) is 5.56 Å². The van der Waals surface area contributed by atoms with Gasteiger partial charge in [-0.15, -0.1) is 0 Å². The maximum Gasteiger partial charge on any atom is 0.0814 e. The summed E-state index contributed by atoms with van der Waals surface area (Å²) in [5, 5.41) is 12.6. The first kappa shape index (κ1) is 10.2. The molecule has 0 bridgehead atoms. The van der Waals surface area contributed by atoms with Crippen molar-refractivity contribution >= 4 is 0 Å². The monoisotopic (exact) mass is 201 g/mol. The van der Waals surface area contributed by atoms with Crippen molar-refractivity contribution in [3.05, 3.63) is 35.9 Å². The summed E-state index contributed by atoms with van der Waals surface area (Å²) in [6.45, 7) is 1.48. The molecule has 15 heavy (non-hydrogen) atoms. The van der Waals surface area contributed by atoms with Crippen molar-refractivity contribution < 1.29 is 5.11 Å². The second kappa shape index (κ2) is 4.97. The fourth-order valence-electron chi connectivity index (χ4n) is 1.69. The van der Waals surface area contributed by atoms with E-state index in [1.807, 2.05) is 18.2 Å². The largest absolute Gasteiger partial charge is 0.390 e. The zero-order chi connectivity index (χ0) is 10.5. The average molecular weight is 201 g/mol. The van der Waals surface area contributed by atoms with Crippen LogP contribution in [-0.2, 0) is 6.42 Å². The van der Waals surface area contributed by atoms with Crippen molar-refractivity contribution in [2.24, 2.45) is 5.92 Å². The third-order valence-corrected chi connectivity index (χ3v) is 2.60. The Balaban J connectivity index is 1.90. The van der Waals surface area contributed by atoms with Crippen molar-refractivity contribution in [1.82, 2.24) is 5.32 Å². The van der Waals surface area contributed by atoms with Gasteiger partial charge in [0, 0.05) is 19.5 Å². The Kier molecular flexibility index (Phi) is 3.39. The zero-order valence-electron chi connectivity index (χ0n) is 8.61. The summed E-state index contributed by atoms with van der Waals surface area (Å²) in [6.07, 6.45) is 0.470. The fraction of sp³-hybridized carbons (Fsp3) is 0.385. The number of benzene rings is 1.